The predicted octanol–water partition coefficient (Wildman–Crippen LogP) is 3.12. The quantitative estimate of drug-likeness (QED) is 0.261. The summed E-state index contributed by atoms with van der Waals surface area (Å²) in [6, 6.07) is 17.7. The minimum atomic E-state index is -0.215. The highest BCUT2D eigenvalue weighted by molar-refractivity contribution is 5.76. The van der Waals surface area contributed by atoms with Gasteiger partial charge in [-0.3, -0.25) is 24.8 Å². The summed E-state index contributed by atoms with van der Waals surface area (Å²) in [6.07, 6.45) is 6.99. The van der Waals surface area contributed by atoms with Gasteiger partial charge in [0.2, 0.25) is 0 Å². The number of pyridine rings is 3. The van der Waals surface area contributed by atoms with E-state index in [0.717, 1.165) is 43.3 Å². The molecule has 0 aliphatic carbocycles. The van der Waals surface area contributed by atoms with Crippen LogP contribution in [0.15, 0.2) is 78.2 Å². The van der Waals surface area contributed by atoms with Crippen LogP contribution in [-0.2, 0) is 11.3 Å². The maximum atomic E-state index is 6.08. The van der Waals surface area contributed by atoms with Crippen molar-refractivity contribution in [2.45, 2.75) is 19.7 Å². The van der Waals surface area contributed by atoms with Crippen molar-refractivity contribution >= 4 is 6.21 Å². The van der Waals surface area contributed by atoms with Crippen molar-refractivity contribution in [2.24, 2.45) is 4.99 Å². The number of aliphatic imine (C=N–C) groups is 1. The van der Waals surface area contributed by atoms with Gasteiger partial charge in [-0.25, -0.2) is 0 Å². The van der Waals surface area contributed by atoms with Crippen LogP contribution in [0.2, 0.25) is 0 Å². The largest absolute Gasteiger partial charge is 0.357 e. The predicted molar refractivity (Wildman–Crippen MR) is 123 cm³/mol. The summed E-state index contributed by atoms with van der Waals surface area (Å²) >= 11 is 0. The van der Waals surface area contributed by atoms with Gasteiger partial charge in [0.25, 0.3) is 0 Å². The van der Waals surface area contributed by atoms with E-state index in [1.165, 1.54) is 0 Å². The molecule has 7 nitrogen and oxygen atoms in total. The van der Waals surface area contributed by atoms with Crippen molar-refractivity contribution in [3.05, 3.63) is 90.3 Å². The van der Waals surface area contributed by atoms with Gasteiger partial charge < -0.3 is 10.1 Å². The first-order valence-corrected chi connectivity index (χ1v) is 10.6. The molecule has 1 atom stereocenters. The highest BCUT2D eigenvalue weighted by atomic mass is 16.5. The first-order valence-electron chi connectivity index (χ1n) is 10.6. The van der Waals surface area contributed by atoms with Crippen LogP contribution in [-0.4, -0.2) is 58.9 Å². The number of hydrogen-bond donors (Lipinski definition) is 1. The van der Waals surface area contributed by atoms with E-state index in [4.69, 9.17) is 4.74 Å². The molecule has 3 heterocycles. The molecule has 3 aromatic rings. The van der Waals surface area contributed by atoms with E-state index in [1.54, 1.807) is 12.4 Å². The van der Waals surface area contributed by atoms with Crippen LogP contribution in [0.3, 0.4) is 0 Å². The lowest BCUT2D eigenvalue weighted by molar-refractivity contribution is -0.0584. The SMILES string of the molecule is CCO[C@@H](c1ccccn1)N(CCN=Cc1ccccn1)CCNCc1ccccn1. The van der Waals surface area contributed by atoms with E-state index in [0.29, 0.717) is 13.2 Å². The number of aromatic nitrogens is 3. The molecule has 162 valence electrons. The van der Waals surface area contributed by atoms with Crippen LogP contribution >= 0.6 is 0 Å². The molecule has 0 radical (unpaired) electrons. The Balaban J connectivity index is 1.60. The van der Waals surface area contributed by atoms with Gasteiger partial charge >= 0.3 is 0 Å². The molecule has 7 heteroatoms. The summed E-state index contributed by atoms with van der Waals surface area (Å²) in [4.78, 5) is 20.0. The maximum absolute atomic E-state index is 6.08. The Morgan fingerprint density at radius 1 is 0.968 bits per heavy atom. The number of rotatable bonds is 13. The Bertz CT molecular complexity index is 876. The summed E-state index contributed by atoms with van der Waals surface area (Å²) in [5.41, 5.74) is 2.79. The molecule has 31 heavy (non-hydrogen) atoms. The van der Waals surface area contributed by atoms with Crippen molar-refractivity contribution in [2.75, 3.05) is 32.8 Å². The van der Waals surface area contributed by atoms with Gasteiger partial charge in [0.15, 0.2) is 6.23 Å². The Morgan fingerprint density at radius 2 is 1.74 bits per heavy atom. The Kier molecular flexibility index (Phi) is 9.75. The molecule has 0 amide bonds. The number of nitrogens with one attached hydrogen (secondary N) is 1. The fourth-order valence-electron chi connectivity index (χ4n) is 3.14. The summed E-state index contributed by atoms with van der Waals surface area (Å²) < 4.78 is 6.08. The van der Waals surface area contributed by atoms with E-state index >= 15 is 0 Å². The van der Waals surface area contributed by atoms with E-state index in [1.807, 2.05) is 73.9 Å². The maximum Gasteiger partial charge on any atom is 0.153 e. The summed E-state index contributed by atoms with van der Waals surface area (Å²) in [6.45, 7) is 6.34. The van der Waals surface area contributed by atoms with Gasteiger partial charge in [-0.2, -0.15) is 0 Å². The van der Waals surface area contributed by atoms with Crippen LogP contribution < -0.4 is 5.32 Å². The van der Waals surface area contributed by atoms with Crippen molar-refractivity contribution in [1.29, 1.82) is 0 Å². The summed E-state index contributed by atoms with van der Waals surface area (Å²) in [5, 5.41) is 3.47. The number of hydrogen-bond acceptors (Lipinski definition) is 7. The monoisotopic (exact) mass is 418 g/mol. The molecule has 0 aromatic carbocycles. The second kappa shape index (κ2) is 13.3. The topological polar surface area (TPSA) is 75.5 Å². The lowest BCUT2D eigenvalue weighted by Gasteiger charge is -2.30. The van der Waals surface area contributed by atoms with Gasteiger partial charge in [0.1, 0.15) is 0 Å². The van der Waals surface area contributed by atoms with Crippen LogP contribution in [0.5, 0.6) is 0 Å². The van der Waals surface area contributed by atoms with Crippen molar-refractivity contribution in [3.8, 4) is 0 Å². The van der Waals surface area contributed by atoms with Crippen molar-refractivity contribution < 1.29 is 4.74 Å². The van der Waals surface area contributed by atoms with Crippen LogP contribution in [0.4, 0.5) is 0 Å². The third-order valence-corrected chi connectivity index (χ3v) is 4.63. The Hall–Kier alpha value is -3.00. The van der Waals surface area contributed by atoms with Crippen LogP contribution in [0, 0.1) is 0 Å². The molecule has 1 N–H and O–H groups in total. The molecular formula is C24H30N6O. The van der Waals surface area contributed by atoms with Crippen LogP contribution in [0.1, 0.15) is 30.2 Å². The molecule has 3 aromatic heterocycles. The highest BCUT2D eigenvalue weighted by Gasteiger charge is 2.21. The van der Waals surface area contributed by atoms with Crippen molar-refractivity contribution in [3.63, 3.8) is 0 Å². The zero-order valence-corrected chi connectivity index (χ0v) is 18.0. The van der Waals surface area contributed by atoms with Gasteiger partial charge in [0.05, 0.1) is 23.6 Å². The van der Waals surface area contributed by atoms with E-state index in [9.17, 15) is 0 Å². The zero-order chi connectivity index (χ0) is 21.6. The molecule has 0 bridgehead atoms. The van der Waals surface area contributed by atoms with Gasteiger partial charge in [-0.1, -0.05) is 18.2 Å². The molecule has 0 saturated heterocycles. The molecule has 0 aliphatic heterocycles. The van der Waals surface area contributed by atoms with E-state index in [-0.39, 0.29) is 6.23 Å². The first-order chi connectivity index (χ1) is 15.4. The third kappa shape index (κ3) is 7.97. The lowest BCUT2D eigenvalue weighted by Crippen LogP contribution is -2.38. The second-order valence-corrected chi connectivity index (χ2v) is 6.89. The third-order valence-electron chi connectivity index (χ3n) is 4.63. The molecule has 0 fully saturated rings. The Morgan fingerprint density at radius 3 is 2.42 bits per heavy atom. The van der Waals surface area contributed by atoms with Gasteiger partial charge in [-0.15, -0.1) is 0 Å². The van der Waals surface area contributed by atoms with Crippen LogP contribution in [0.25, 0.3) is 0 Å². The van der Waals surface area contributed by atoms with E-state index < -0.39 is 0 Å². The molecular weight excluding hydrogens is 388 g/mol. The van der Waals surface area contributed by atoms with E-state index in [2.05, 4.69) is 30.2 Å². The lowest BCUT2D eigenvalue weighted by atomic mass is 10.2. The normalized spacial score (nSPS) is 12.5. The summed E-state index contributed by atoms with van der Waals surface area (Å²) in [5.74, 6) is 0. The summed E-state index contributed by atoms with van der Waals surface area (Å²) in [7, 11) is 0. The molecule has 0 saturated carbocycles. The first kappa shape index (κ1) is 22.7. The zero-order valence-electron chi connectivity index (χ0n) is 18.0. The number of ether oxygens (including phenoxy) is 1. The average Bonchev–Trinajstić information content (AvgIpc) is 2.83. The molecule has 3 rings (SSSR count). The second-order valence-electron chi connectivity index (χ2n) is 6.89. The molecule has 0 unspecified atom stereocenters. The Labute approximate surface area is 184 Å². The number of nitrogens with zero attached hydrogens (tertiary/aromatic N) is 5. The smallest absolute Gasteiger partial charge is 0.153 e. The molecule has 0 spiro atoms. The van der Waals surface area contributed by atoms with Gasteiger partial charge in [-0.05, 0) is 43.3 Å². The minimum Gasteiger partial charge on any atom is -0.357 e. The molecule has 0 aliphatic rings. The van der Waals surface area contributed by atoms with Gasteiger partial charge in [0, 0.05) is 57.6 Å². The minimum absolute atomic E-state index is 0.215. The highest BCUT2D eigenvalue weighted by Crippen LogP contribution is 2.19. The van der Waals surface area contributed by atoms with Crippen molar-refractivity contribution in [1.82, 2.24) is 25.2 Å². The average molecular weight is 419 g/mol. The fourth-order valence-corrected chi connectivity index (χ4v) is 3.14. The standard InChI is InChI=1S/C24H30N6O/c1-2-31-24(23-11-5-8-14-29-23)30(17-15-25-19-21-9-3-6-12-27-21)18-16-26-20-22-10-4-7-13-28-22/h3-14,19,24,26H,2,15-18,20H2,1H3/t24-/m0/s1. The fraction of sp³-hybridized carbons (Fsp3) is 0.333.